The van der Waals surface area contributed by atoms with Crippen molar-refractivity contribution in [3.05, 3.63) is 0 Å². The minimum atomic E-state index is -2.08. The topological polar surface area (TPSA) is 83.1 Å². The smallest absolute Gasteiger partial charge is 0.198 e. The number of hydrogen-bond acceptors (Lipinski definition) is 5. The van der Waals surface area contributed by atoms with E-state index in [0.717, 1.165) is 0 Å². The van der Waals surface area contributed by atoms with E-state index in [1.54, 1.807) is 0 Å². The number of rotatable bonds is 8. The molecule has 80 valence electrons. The fourth-order valence-corrected chi connectivity index (χ4v) is 1.25. The average Bonchev–Trinajstić information content (AvgIpc) is 2.19. The maximum atomic E-state index is 10.9. The van der Waals surface area contributed by atoms with Crippen LogP contribution in [0.3, 0.4) is 0 Å². The Morgan fingerprint density at radius 1 is 1.00 bits per heavy atom. The Morgan fingerprint density at radius 2 is 1.40 bits per heavy atom. The van der Waals surface area contributed by atoms with E-state index in [1.807, 2.05) is 12.1 Å². The number of unbranched alkanes of at least 4 members (excludes halogenated alkanes) is 2. The molecule has 7 heteroatoms. The van der Waals surface area contributed by atoms with E-state index in [-0.39, 0.29) is 39.4 Å². The van der Waals surface area contributed by atoms with Crippen molar-refractivity contribution in [1.29, 1.82) is 10.5 Å². The zero-order valence-corrected chi connectivity index (χ0v) is 11.7. The molecule has 0 saturated carbocycles. The zero-order chi connectivity index (χ0) is 10.6. The first kappa shape index (κ1) is 17.3. The summed E-state index contributed by atoms with van der Waals surface area (Å²) in [5.74, 6) is 0. The summed E-state index contributed by atoms with van der Waals surface area (Å²) in [6.45, 7) is 0.530. The molecule has 5 nitrogen and oxygen atoms in total. The van der Waals surface area contributed by atoms with Crippen molar-refractivity contribution in [3.63, 3.8) is 0 Å². The third kappa shape index (κ3) is 13.9. The van der Waals surface area contributed by atoms with Crippen molar-refractivity contribution in [2.24, 2.45) is 0 Å². The van der Waals surface area contributed by atoms with Gasteiger partial charge in [0.05, 0.1) is 12.1 Å². The number of nitriles is 2. The van der Waals surface area contributed by atoms with Crippen LogP contribution in [0.25, 0.3) is 0 Å². The van der Waals surface area contributed by atoms with E-state index >= 15 is 0 Å². The van der Waals surface area contributed by atoms with Gasteiger partial charge in [-0.05, 0) is 12.8 Å². The summed E-state index contributed by atoms with van der Waals surface area (Å²) in [6, 6.07) is 3.90. The standard InChI is InChI=1S/C8H12N2O3P.Zr/c9-5-1-3-7-12-14(11)13-8-4-2-6-10;/h1-4,7-8H2;/q+1;. The van der Waals surface area contributed by atoms with Crippen LogP contribution in [0, 0.1) is 22.7 Å². The van der Waals surface area contributed by atoms with Crippen molar-refractivity contribution >= 4 is 8.25 Å². The van der Waals surface area contributed by atoms with Gasteiger partial charge in [0.25, 0.3) is 0 Å². The maximum absolute atomic E-state index is 10.9. The second-order valence-corrected chi connectivity index (χ2v) is 3.38. The molecule has 0 aromatic rings. The molecule has 0 aromatic heterocycles. The van der Waals surface area contributed by atoms with E-state index in [4.69, 9.17) is 19.6 Å². The Morgan fingerprint density at radius 3 is 1.73 bits per heavy atom. The Hall–Kier alpha value is -0.117. The van der Waals surface area contributed by atoms with E-state index in [0.29, 0.717) is 25.7 Å². The Labute approximate surface area is 109 Å². The molecule has 0 saturated heterocycles. The quantitative estimate of drug-likeness (QED) is 0.507. The molecule has 0 bridgehead atoms. The molecular weight excluding hydrogens is 294 g/mol. The van der Waals surface area contributed by atoms with Crippen molar-refractivity contribution in [3.8, 4) is 12.1 Å². The Bertz CT molecular complexity index is 225. The molecular formula is C8H12N2O3PZr+. The SMILES string of the molecule is N#CCCCO[P+](=O)OCCCC#N.[Zr]. The predicted molar refractivity (Wildman–Crippen MR) is 49.2 cm³/mol. The molecule has 0 rings (SSSR count). The summed E-state index contributed by atoms with van der Waals surface area (Å²) < 4.78 is 20.5. The number of nitrogens with zero attached hydrogens (tertiary/aromatic N) is 2. The van der Waals surface area contributed by atoms with Crippen LogP contribution in [0.1, 0.15) is 25.7 Å². The Balaban J connectivity index is 0. The minimum Gasteiger partial charge on any atom is -0.198 e. The largest absolute Gasteiger partial charge is 0.697 e. The number of hydrogen-bond donors (Lipinski definition) is 0. The molecule has 0 aliphatic carbocycles. The molecule has 15 heavy (non-hydrogen) atoms. The molecule has 0 radical (unpaired) electrons. The van der Waals surface area contributed by atoms with Gasteiger partial charge in [-0.2, -0.15) is 10.5 Å². The van der Waals surface area contributed by atoms with Crippen LogP contribution < -0.4 is 0 Å². The summed E-state index contributed by atoms with van der Waals surface area (Å²) in [7, 11) is -2.08. The van der Waals surface area contributed by atoms with Gasteiger partial charge in [-0.15, -0.1) is 9.05 Å². The van der Waals surface area contributed by atoms with Crippen molar-refractivity contribution in [2.45, 2.75) is 25.7 Å². The van der Waals surface area contributed by atoms with E-state index in [1.165, 1.54) is 0 Å². The molecule has 0 N–H and O–H groups in total. The molecule has 0 spiro atoms. The molecule has 0 amide bonds. The third-order valence-corrected chi connectivity index (χ3v) is 2.05. The van der Waals surface area contributed by atoms with Crippen LogP contribution in [0.5, 0.6) is 0 Å². The van der Waals surface area contributed by atoms with Crippen LogP contribution in [0.15, 0.2) is 0 Å². The second kappa shape index (κ2) is 13.9. The van der Waals surface area contributed by atoms with Crippen LogP contribution in [0.2, 0.25) is 0 Å². The van der Waals surface area contributed by atoms with Gasteiger partial charge in [-0.3, -0.25) is 0 Å². The predicted octanol–water partition coefficient (Wildman–Crippen LogP) is 2.28. The van der Waals surface area contributed by atoms with Crippen LogP contribution in [-0.4, -0.2) is 13.2 Å². The summed E-state index contributed by atoms with van der Waals surface area (Å²) in [5.41, 5.74) is 0. The first-order valence-corrected chi connectivity index (χ1v) is 5.37. The first-order valence-electron chi connectivity index (χ1n) is 4.28. The third-order valence-electron chi connectivity index (χ3n) is 1.26. The average molecular weight is 306 g/mol. The van der Waals surface area contributed by atoms with E-state index < -0.39 is 8.25 Å². The van der Waals surface area contributed by atoms with Gasteiger partial charge in [0.15, 0.2) is 0 Å². The molecule has 0 aliphatic rings. The fraction of sp³-hybridized carbons (Fsp3) is 0.750. The van der Waals surface area contributed by atoms with Gasteiger partial charge in [-0.1, -0.05) is 0 Å². The van der Waals surface area contributed by atoms with Crippen molar-refractivity contribution < 1.29 is 39.8 Å². The van der Waals surface area contributed by atoms with Crippen LogP contribution in [-0.2, 0) is 39.8 Å². The van der Waals surface area contributed by atoms with E-state index in [9.17, 15) is 4.57 Å². The monoisotopic (exact) mass is 305 g/mol. The molecule has 0 fully saturated rings. The van der Waals surface area contributed by atoms with Gasteiger partial charge in [0.2, 0.25) is 0 Å². The first-order chi connectivity index (χ1) is 6.81. The van der Waals surface area contributed by atoms with Gasteiger partial charge in [0.1, 0.15) is 13.2 Å². The summed E-state index contributed by atoms with van der Waals surface area (Å²) >= 11 is 0. The normalized spacial score (nSPS) is 8.40. The maximum Gasteiger partial charge on any atom is 0.697 e. The minimum absolute atomic E-state index is 0. The molecule has 0 aliphatic heterocycles. The van der Waals surface area contributed by atoms with Crippen LogP contribution >= 0.6 is 8.25 Å². The van der Waals surface area contributed by atoms with Gasteiger partial charge >= 0.3 is 8.25 Å². The summed E-state index contributed by atoms with van der Waals surface area (Å²) in [6.07, 6.45) is 1.88. The van der Waals surface area contributed by atoms with E-state index in [2.05, 4.69) is 0 Å². The van der Waals surface area contributed by atoms with Gasteiger partial charge in [-0.25, -0.2) is 0 Å². The van der Waals surface area contributed by atoms with Crippen LogP contribution in [0.4, 0.5) is 0 Å². The zero-order valence-electron chi connectivity index (χ0n) is 8.31. The molecule has 0 unspecified atom stereocenters. The van der Waals surface area contributed by atoms with Gasteiger partial charge < -0.3 is 0 Å². The van der Waals surface area contributed by atoms with Gasteiger partial charge in [0, 0.05) is 43.6 Å². The summed E-state index contributed by atoms with van der Waals surface area (Å²) in [4.78, 5) is 0. The summed E-state index contributed by atoms with van der Waals surface area (Å²) in [5, 5.41) is 16.4. The molecule has 0 aromatic carbocycles. The molecule has 0 atom stereocenters. The second-order valence-electron chi connectivity index (χ2n) is 2.41. The fourth-order valence-electron chi connectivity index (χ4n) is 0.618. The Kier molecular flexibility index (Phi) is 16.0. The van der Waals surface area contributed by atoms with Crippen molar-refractivity contribution in [1.82, 2.24) is 0 Å². The van der Waals surface area contributed by atoms with Crippen molar-refractivity contribution in [2.75, 3.05) is 13.2 Å². The molecule has 0 heterocycles.